The summed E-state index contributed by atoms with van der Waals surface area (Å²) in [6.07, 6.45) is 9.93. The summed E-state index contributed by atoms with van der Waals surface area (Å²) in [7, 11) is 0. The van der Waals surface area contributed by atoms with E-state index in [1.165, 1.54) is 38.5 Å². The molecule has 0 spiro atoms. The average molecular weight is 238 g/mol. The largest absolute Gasteiger partial charge is 0.323 e. The molecule has 0 aromatic carbocycles. The summed E-state index contributed by atoms with van der Waals surface area (Å²) in [5.74, 6) is 0.353. The monoisotopic (exact) mass is 238 g/mol. The van der Waals surface area contributed by atoms with Crippen LogP contribution in [0.5, 0.6) is 0 Å². The van der Waals surface area contributed by atoms with Crippen molar-refractivity contribution < 1.29 is 4.79 Å². The van der Waals surface area contributed by atoms with Gasteiger partial charge in [-0.05, 0) is 25.7 Å². The van der Waals surface area contributed by atoms with Gasteiger partial charge in [0.1, 0.15) is 0 Å². The van der Waals surface area contributed by atoms with Crippen LogP contribution >= 0.6 is 0 Å². The van der Waals surface area contributed by atoms with Gasteiger partial charge in [-0.25, -0.2) is 0 Å². The van der Waals surface area contributed by atoms with Crippen molar-refractivity contribution in [3.05, 3.63) is 0 Å². The maximum absolute atomic E-state index is 12.4. The van der Waals surface area contributed by atoms with Gasteiger partial charge < -0.3 is 4.90 Å². The molecule has 2 unspecified atom stereocenters. The molecule has 2 atom stereocenters. The average Bonchev–Trinajstić information content (AvgIpc) is 2.55. The first-order valence-electron chi connectivity index (χ1n) is 7.36. The Morgan fingerprint density at radius 3 is 2.29 bits per heavy atom. The van der Waals surface area contributed by atoms with E-state index in [9.17, 15) is 4.79 Å². The molecule has 3 nitrogen and oxygen atoms in total. The second-order valence-electron chi connectivity index (χ2n) is 5.44. The van der Waals surface area contributed by atoms with Gasteiger partial charge >= 0.3 is 0 Å². The smallest absolute Gasteiger partial charge is 0.241 e. The van der Waals surface area contributed by atoms with E-state index in [0.717, 1.165) is 12.8 Å². The van der Waals surface area contributed by atoms with E-state index in [0.29, 0.717) is 11.9 Å². The first-order valence-corrected chi connectivity index (χ1v) is 7.36. The predicted octanol–water partition coefficient (Wildman–Crippen LogP) is 2.66. The molecule has 2 aliphatic rings. The zero-order valence-electron chi connectivity index (χ0n) is 11.2. The van der Waals surface area contributed by atoms with Crippen molar-refractivity contribution in [1.29, 1.82) is 0 Å². The number of amides is 1. The number of nitrogens with one attached hydrogen (secondary N) is 1. The van der Waals surface area contributed by atoms with Crippen LogP contribution in [0, 0.1) is 0 Å². The Kier molecular flexibility index (Phi) is 4.43. The number of nitrogens with zero attached hydrogens (tertiary/aromatic N) is 1. The van der Waals surface area contributed by atoms with Crippen LogP contribution in [0.15, 0.2) is 0 Å². The van der Waals surface area contributed by atoms with Gasteiger partial charge in [-0.3, -0.25) is 10.1 Å². The summed E-state index contributed by atoms with van der Waals surface area (Å²) in [5, 5.41) is 3.48. The lowest BCUT2D eigenvalue weighted by Crippen LogP contribution is -2.44. The van der Waals surface area contributed by atoms with E-state index in [4.69, 9.17) is 0 Å². The van der Waals surface area contributed by atoms with Gasteiger partial charge in [0.2, 0.25) is 5.91 Å². The molecular formula is C14H26N2O. The van der Waals surface area contributed by atoms with Crippen LogP contribution in [0.2, 0.25) is 0 Å². The molecule has 17 heavy (non-hydrogen) atoms. The summed E-state index contributed by atoms with van der Waals surface area (Å²) in [6, 6.07) is 0.571. The maximum Gasteiger partial charge on any atom is 0.241 e. The quantitative estimate of drug-likeness (QED) is 0.767. The first-order chi connectivity index (χ1) is 8.27. The molecule has 1 saturated heterocycles. The summed E-state index contributed by atoms with van der Waals surface area (Å²) < 4.78 is 0. The zero-order chi connectivity index (χ0) is 12.3. The Morgan fingerprint density at radius 2 is 1.76 bits per heavy atom. The topological polar surface area (TPSA) is 32.3 Å². The molecule has 1 aliphatic heterocycles. The molecule has 1 aliphatic carbocycles. The second kappa shape index (κ2) is 5.85. The fraction of sp³-hybridized carbons (Fsp3) is 0.929. The third kappa shape index (κ3) is 2.65. The van der Waals surface area contributed by atoms with E-state index in [2.05, 4.69) is 24.1 Å². The minimum Gasteiger partial charge on any atom is -0.323 e. The number of hydrogen-bond acceptors (Lipinski definition) is 2. The summed E-state index contributed by atoms with van der Waals surface area (Å²) in [6.45, 7) is 4.27. The van der Waals surface area contributed by atoms with Gasteiger partial charge in [0.05, 0.1) is 12.2 Å². The van der Waals surface area contributed by atoms with Gasteiger partial charge in [-0.15, -0.1) is 0 Å². The highest BCUT2D eigenvalue weighted by Crippen LogP contribution is 2.27. The number of hydrogen-bond donors (Lipinski definition) is 1. The van der Waals surface area contributed by atoms with Gasteiger partial charge in [0.15, 0.2) is 0 Å². The molecule has 1 heterocycles. The van der Waals surface area contributed by atoms with Crippen molar-refractivity contribution >= 4 is 5.91 Å². The Hall–Kier alpha value is -0.570. The Balaban J connectivity index is 2.07. The molecule has 2 fully saturated rings. The van der Waals surface area contributed by atoms with Crippen LogP contribution < -0.4 is 5.32 Å². The second-order valence-corrected chi connectivity index (χ2v) is 5.44. The molecular weight excluding hydrogens is 212 g/mol. The molecule has 0 aromatic rings. The molecule has 98 valence electrons. The molecule has 3 heteroatoms. The summed E-state index contributed by atoms with van der Waals surface area (Å²) in [4.78, 5) is 14.6. The lowest BCUT2D eigenvalue weighted by Gasteiger charge is -2.31. The fourth-order valence-electron chi connectivity index (χ4n) is 3.29. The normalized spacial score (nSPS) is 31.9. The van der Waals surface area contributed by atoms with Gasteiger partial charge in [0.25, 0.3) is 0 Å². The van der Waals surface area contributed by atoms with Crippen molar-refractivity contribution in [2.45, 2.75) is 83.5 Å². The van der Waals surface area contributed by atoms with Crippen LogP contribution in [0.1, 0.15) is 65.2 Å². The van der Waals surface area contributed by atoms with Crippen molar-refractivity contribution in [3.8, 4) is 0 Å². The first kappa shape index (κ1) is 12.9. The standard InChI is InChI=1S/C14H26N2O/c1-3-12-14(17)16(13(4-2)15-12)11-9-7-5-6-8-10-11/h11-13,15H,3-10H2,1-2H3. The molecule has 1 saturated carbocycles. The molecule has 1 N–H and O–H groups in total. The van der Waals surface area contributed by atoms with Crippen molar-refractivity contribution in [2.24, 2.45) is 0 Å². The van der Waals surface area contributed by atoms with Crippen molar-refractivity contribution in [3.63, 3.8) is 0 Å². The molecule has 0 radical (unpaired) electrons. The predicted molar refractivity (Wildman–Crippen MR) is 69.6 cm³/mol. The van der Waals surface area contributed by atoms with Gasteiger partial charge in [0, 0.05) is 6.04 Å². The SMILES string of the molecule is CCC1NC(CC)N(C2CCCCCC2)C1=O. The Labute approximate surface area is 105 Å². The van der Waals surface area contributed by atoms with Crippen LogP contribution in [0.3, 0.4) is 0 Å². The number of carbonyl (C=O) groups is 1. The highest BCUT2D eigenvalue weighted by molar-refractivity contribution is 5.84. The highest BCUT2D eigenvalue weighted by atomic mass is 16.2. The Bertz CT molecular complexity index is 259. The fourth-order valence-corrected chi connectivity index (χ4v) is 3.29. The minimum atomic E-state index is 0.0724. The van der Waals surface area contributed by atoms with Crippen LogP contribution in [0.4, 0.5) is 0 Å². The lowest BCUT2D eigenvalue weighted by atomic mass is 10.1. The Morgan fingerprint density at radius 1 is 1.12 bits per heavy atom. The van der Waals surface area contributed by atoms with E-state index in [-0.39, 0.29) is 12.2 Å². The molecule has 0 aromatic heterocycles. The van der Waals surface area contributed by atoms with E-state index < -0.39 is 0 Å². The number of carbonyl (C=O) groups excluding carboxylic acids is 1. The highest BCUT2D eigenvalue weighted by Gasteiger charge is 2.40. The summed E-state index contributed by atoms with van der Waals surface area (Å²) in [5.41, 5.74) is 0. The maximum atomic E-state index is 12.4. The summed E-state index contributed by atoms with van der Waals surface area (Å²) >= 11 is 0. The van der Waals surface area contributed by atoms with E-state index in [1.807, 2.05) is 0 Å². The third-order valence-corrected chi connectivity index (χ3v) is 4.29. The van der Waals surface area contributed by atoms with Crippen molar-refractivity contribution in [1.82, 2.24) is 10.2 Å². The third-order valence-electron chi connectivity index (χ3n) is 4.29. The van der Waals surface area contributed by atoms with Crippen molar-refractivity contribution in [2.75, 3.05) is 0 Å². The zero-order valence-corrected chi connectivity index (χ0v) is 11.2. The van der Waals surface area contributed by atoms with Gasteiger partial charge in [-0.2, -0.15) is 0 Å². The van der Waals surface area contributed by atoms with Crippen LogP contribution in [-0.2, 0) is 4.79 Å². The molecule has 1 amide bonds. The lowest BCUT2D eigenvalue weighted by molar-refractivity contribution is -0.132. The van der Waals surface area contributed by atoms with E-state index >= 15 is 0 Å². The molecule has 2 rings (SSSR count). The molecule has 0 bridgehead atoms. The van der Waals surface area contributed by atoms with Crippen LogP contribution in [0.25, 0.3) is 0 Å². The van der Waals surface area contributed by atoms with E-state index in [1.54, 1.807) is 0 Å². The number of rotatable bonds is 3. The minimum absolute atomic E-state index is 0.0724. The van der Waals surface area contributed by atoms with Gasteiger partial charge in [-0.1, -0.05) is 39.5 Å². The van der Waals surface area contributed by atoms with Crippen LogP contribution in [-0.4, -0.2) is 29.1 Å².